The second kappa shape index (κ2) is 7.01. The summed E-state index contributed by atoms with van der Waals surface area (Å²) in [5, 5.41) is 3.46. The summed E-state index contributed by atoms with van der Waals surface area (Å²) in [5.41, 5.74) is 1.80. The maximum atomic E-state index is 13.6. The van der Waals surface area contributed by atoms with Gasteiger partial charge < -0.3 is 5.32 Å². The van der Waals surface area contributed by atoms with E-state index in [9.17, 15) is 4.39 Å². The van der Waals surface area contributed by atoms with Gasteiger partial charge in [0.05, 0.1) is 0 Å². The summed E-state index contributed by atoms with van der Waals surface area (Å²) in [6, 6.07) is 5.60. The number of hydrogen-bond donors (Lipinski definition) is 1. The molecule has 0 amide bonds. The third-order valence-electron chi connectivity index (χ3n) is 4.00. The number of aryl methyl sites for hydroxylation is 1. The van der Waals surface area contributed by atoms with Gasteiger partial charge in [0.15, 0.2) is 0 Å². The van der Waals surface area contributed by atoms with Crippen molar-refractivity contribution < 1.29 is 4.39 Å². The summed E-state index contributed by atoms with van der Waals surface area (Å²) in [6.45, 7) is 9.25. The minimum atomic E-state index is -0.0899. The summed E-state index contributed by atoms with van der Waals surface area (Å²) in [4.78, 5) is 2.42. The molecule has 1 aliphatic rings. The van der Waals surface area contributed by atoms with Gasteiger partial charge in [-0.2, -0.15) is 0 Å². The van der Waals surface area contributed by atoms with Gasteiger partial charge >= 0.3 is 0 Å². The molecule has 0 aromatic heterocycles. The fourth-order valence-corrected chi connectivity index (χ4v) is 2.74. The fraction of sp³-hybridized carbons (Fsp3) is 0.625. The van der Waals surface area contributed by atoms with Crippen LogP contribution in [0.5, 0.6) is 0 Å². The van der Waals surface area contributed by atoms with Crippen molar-refractivity contribution in [3.63, 3.8) is 0 Å². The Morgan fingerprint density at radius 1 is 1.42 bits per heavy atom. The molecule has 2 nitrogen and oxygen atoms in total. The van der Waals surface area contributed by atoms with E-state index < -0.39 is 0 Å². The lowest BCUT2D eigenvalue weighted by molar-refractivity contribution is 0.209. The van der Waals surface area contributed by atoms with Crippen LogP contribution < -0.4 is 5.32 Å². The summed E-state index contributed by atoms with van der Waals surface area (Å²) < 4.78 is 13.6. The lowest BCUT2D eigenvalue weighted by Crippen LogP contribution is -2.38. The molecule has 106 valence electrons. The molecule has 0 bridgehead atoms. The third-order valence-corrected chi connectivity index (χ3v) is 4.00. The lowest BCUT2D eigenvalue weighted by atomic mass is 9.99. The zero-order valence-corrected chi connectivity index (χ0v) is 12.1. The molecule has 1 aliphatic heterocycles. The van der Waals surface area contributed by atoms with E-state index in [4.69, 9.17) is 0 Å². The van der Waals surface area contributed by atoms with Crippen LogP contribution in [0, 0.1) is 18.7 Å². The topological polar surface area (TPSA) is 15.3 Å². The van der Waals surface area contributed by atoms with Gasteiger partial charge in [-0.15, -0.1) is 0 Å². The number of rotatable bonds is 5. The van der Waals surface area contributed by atoms with Gasteiger partial charge in [-0.25, -0.2) is 4.39 Å². The van der Waals surface area contributed by atoms with E-state index in [0.717, 1.165) is 49.8 Å². The van der Waals surface area contributed by atoms with Gasteiger partial charge in [-0.1, -0.05) is 19.1 Å². The molecule has 1 saturated heterocycles. The van der Waals surface area contributed by atoms with E-state index in [0.29, 0.717) is 0 Å². The predicted molar refractivity (Wildman–Crippen MR) is 77.7 cm³/mol. The van der Waals surface area contributed by atoms with E-state index in [-0.39, 0.29) is 5.82 Å². The van der Waals surface area contributed by atoms with Crippen LogP contribution in [0.25, 0.3) is 0 Å². The first-order chi connectivity index (χ1) is 9.19. The van der Waals surface area contributed by atoms with Crippen LogP contribution in [0.15, 0.2) is 18.2 Å². The zero-order chi connectivity index (χ0) is 13.7. The number of hydrogen-bond acceptors (Lipinski definition) is 2. The summed E-state index contributed by atoms with van der Waals surface area (Å²) >= 11 is 0. The molecule has 1 fully saturated rings. The second-order valence-electron chi connectivity index (χ2n) is 5.62. The van der Waals surface area contributed by atoms with E-state index >= 15 is 0 Å². The molecule has 2 rings (SSSR count). The standard InChI is InChI=1S/C16H25FN2/c1-3-19(12-15-5-4-8-18-10-15)11-14-7-6-13(2)16(17)9-14/h6-7,9,15,18H,3-5,8,10-12H2,1-2H3. The average molecular weight is 264 g/mol. The number of halogens is 1. The van der Waals surface area contributed by atoms with Gasteiger partial charge in [-0.05, 0) is 62.5 Å². The highest BCUT2D eigenvalue weighted by Crippen LogP contribution is 2.15. The first-order valence-corrected chi connectivity index (χ1v) is 7.37. The van der Waals surface area contributed by atoms with Gasteiger partial charge in [0.25, 0.3) is 0 Å². The molecule has 3 heteroatoms. The largest absolute Gasteiger partial charge is 0.316 e. The highest BCUT2D eigenvalue weighted by molar-refractivity contribution is 5.23. The Bertz CT molecular complexity index is 400. The number of nitrogens with zero attached hydrogens (tertiary/aromatic N) is 1. The van der Waals surface area contributed by atoms with Crippen molar-refractivity contribution in [2.24, 2.45) is 5.92 Å². The van der Waals surface area contributed by atoms with Crippen molar-refractivity contribution in [3.8, 4) is 0 Å². The van der Waals surface area contributed by atoms with Crippen LogP contribution in [-0.2, 0) is 6.54 Å². The Kier molecular flexibility index (Phi) is 5.34. The first kappa shape index (κ1) is 14.5. The molecule has 1 atom stereocenters. The van der Waals surface area contributed by atoms with Crippen molar-refractivity contribution in [2.75, 3.05) is 26.2 Å². The predicted octanol–water partition coefficient (Wildman–Crippen LogP) is 2.96. The van der Waals surface area contributed by atoms with Crippen LogP contribution in [-0.4, -0.2) is 31.1 Å². The number of piperidine rings is 1. The summed E-state index contributed by atoms with van der Waals surface area (Å²) in [7, 11) is 0. The normalized spacial score (nSPS) is 19.9. The van der Waals surface area contributed by atoms with Crippen molar-refractivity contribution in [3.05, 3.63) is 35.1 Å². The Labute approximate surface area is 116 Å². The number of benzene rings is 1. The van der Waals surface area contributed by atoms with Crippen molar-refractivity contribution in [2.45, 2.75) is 33.2 Å². The van der Waals surface area contributed by atoms with Crippen LogP contribution in [0.3, 0.4) is 0 Å². The van der Waals surface area contributed by atoms with Crippen molar-refractivity contribution in [1.82, 2.24) is 10.2 Å². The van der Waals surface area contributed by atoms with Crippen LogP contribution in [0.1, 0.15) is 30.9 Å². The molecule has 1 aromatic carbocycles. The lowest BCUT2D eigenvalue weighted by Gasteiger charge is -2.29. The molecular weight excluding hydrogens is 239 g/mol. The van der Waals surface area contributed by atoms with E-state index in [2.05, 4.69) is 17.1 Å². The first-order valence-electron chi connectivity index (χ1n) is 7.37. The molecule has 1 heterocycles. The van der Waals surface area contributed by atoms with Crippen LogP contribution in [0.2, 0.25) is 0 Å². The third kappa shape index (κ3) is 4.29. The highest BCUT2D eigenvalue weighted by Gasteiger charge is 2.16. The SMILES string of the molecule is CCN(Cc1ccc(C)c(F)c1)CC1CCCNC1. The molecule has 0 aliphatic carbocycles. The molecule has 19 heavy (non-hydrogen) atoms. The smallest absolute Gasteiger partial charge is 0.126 e. The molecular formula is C16H25FN2. The molecule has 1 aromatic rings. The minimum absolute atomic E-state index is 0.0899. The zero-order valence-electron chi connectivity index (χ0n) is 12.1. The molecule has 0 spiro atoms. The average Bonchev–Trinajstić information content (AvgIpc) is 2.43. The minimum Gasteiger partial charge on any atom is -0.316 e. The van der Waals surface area contributed by atoms with Crippen LogP contribution in [0.4, 0.5) is 4.39 Å². The van der Waals surface area contributed by atoms with E-state index in [1.807, 2.05) is 19.1 Å². The maximum absolute atomic E-state index is 13.6. The monoisotopic (exact) mass is 264 g/mol. The second-order valence-corrected chi connectivity index (χ2v) is 5.62. The quantitative estimate of drug-likeness (QED) is 0.879. The van der Waals surface area contributed by atoms with E-state index in [1.54, 1.807) is 6.07 Å². The van der Waals surface area contributed by atoms with Crippen molar-refractivity contribution in [1.29, 1.82) is 0 Å². The Morgan fingerprint density at radius 2 is 2.26 bits per heavy atom. The Morgan fingerprint density at radius 3 is 2.89 bits per heavy atom. The molecule has 1 N–H and O–H groups in total. The summed E-state index contributed by atoms with van der Waals surface area (Å²) in [6.07, 6.45) is 2.59. The number of nitrogens with one attached hydrogen (secondary N) is 1. The summed E-state index contributed by atoms with van der Waals surface area (Å²) in [5.74, 6) is 0.650. The van der Waals surface area contributed by atoms with E-state index in [1.165, 1.54) is 12.8 Å². The van der Waals surface area contributed by atoms with Gasteiger partial charge in [-0.3, -0.25) is 4.90 Å². The van der Waals surface area contributed by atoms with Gasteiger partial charge in [0.2, 0.25) is 0 Å². The Hall–Kier alpha value is -0.930. The van der Waals surface area contributed by atoms with Crippen molar-refractivity contribution >= 4 is 0 Å². The Balaban J connectivity index is 1.92. The van der Waals surface area contributed by atoms with Crippen LogP contribution >= 0.6 is 0 Å². The highest BCUT2D eigenvalue weighted by atomic mass is 19.1. The van der Waals surface area contributed by atoms with Gasteiger partial charge in [0.1, 0.15) is 5.82 Å². The maximum Gasteiger partial charge on any atom is 0.126 e. The molecule has 1 unspecified atom stereocenters. The fourth-order valence-electron chi connectivity index (χ4n) is 2.74. The molecule has 0 saturated carbocycles. The molecule has 0 radical (unpaired) electrons. The van der Waals surface area contributed by atoms with Gasteiger partial charge in [0, 0.05) is 13.1 Å².